The van der Waals surface area contributed by atoms with Crippen molar-refractivity contribution in [1.82, 2.24) is 0 Å². The summed E-state index contributed by atoms with van der Waals surface area (Å²) in [5.74, 6) is 0. The van der Waals surface area contributed by atoms with Gasteiger partial charge in [0.2, 0.25) is 12.8 Å². The van der Waals surface area contributed by atoms with Crippen molar-refractivity contribution >= 4 is 0 Å². The maximum absolute atomic E-state index is 9.83. The molecule has 0 aromatic heterocycles. The highest BCUT2D eigenvalue weighted by atomic mass is 16.7. The lowest BCUT2D eigenvalue weighted by Crippen LogP contribution is -2.13. The zero-order chi connectivity index (χ0) is 7.40. The first-order chi connectivity index (χ1) is 4.79. The normalized spacial score (nSPS) is 16.4. The van der Waals surface area contributed by atoms with Gasteiger partial charge in [-0.2, -0.15) is 0 Å². The Balaban J connectivity index is 2.09. The summed E-state index contributed by atoms with van der Waals surface area (Å²) in [5, 5.41) is 9.83. The molecule has 0 radical (unpaired) electrons. The second-order valence-electron chi connectivity index (χ2n) is 1.82. The van der Waals surface area contributed by atoms with Crippen LogP contribution < -0.4 is 0 Å². The van der Waals surface area contributed by atoms with Gasteiger partial charge in [-0.3, -0.25) is 10.1 Å². The average molecular weight is 145 g/mol. The summed E-state index contributed by atoms with van der Waals surface area (Å²) in [6.45, 7) is -0.119. The topological polar surface area (TPSA) is 61.6 Å². The van der Waals surface area contributed by atoms with Crippen molar-refractivity contribution in [1.29, 1.82) is 0 Å². The van der Waals surface area contributed by atoms with Crippen LogP contribution in [0.2, 0.25) is 0 Å². The molecule has 0 saturated carbocycles. The second-order valence-corrected chi connectivity index (χ2v) is 1.82. The highest BCUT2D eigenvalue weighted by Crippen LogP contribution is 2.08. The average Bonchev–Trinajstić information content (AvgIpc) is 2.34. The van der Waals surface area contributed by atoms with Gasteiger partial charge >= 0.3 is 0 Å². The molecule has 0 aromatic rings. The fourth-order valence-electron chi connectivity index (χ4n) is 0.618. The molecule has 1 rings (SSSR count). The number of rotatable bonds is 3. The minimum absolute atomic E-state index is 0.119. The van der Waals surface area contributed by atoms with Crippen LogP contribution in [0.15, 0.2) is 12.5 Å². The molecule has 1 heterocycles. The maximum atomic E-state index is 9.83. The van der Waals surface area contributed by atoms with Crippen molar-refractivity contribution in [3.8, 4) is 0 Å². The Hall–Kier alpha value is -1.26. The Morgan fingerprint density at radius 1 is 1.50 bits per heavy atom. The predicted molar refractivity (Wildman–Crippen MR) is 31.6 cm³/mol. The van der Waals surface area contributed by atoms with Gasteiger partial charge in [0, 0.05) is 4.92 Å². The molecule has 1 aliphatic rings. The van der Waals surface area contributed by atoms with Gasteiger partial charge in [0.15, 0.2) is 0 Å². The quantitative estimate of drug-likeness (QED) is 0.428. The standard InChI is InChI=1S/C5H7NO4/c7-6(8)2-1-5-9-3-4-10-5/h3-5H,1-2H2. The van der Waals surface area contributed by atoms with Crippen molar-refractivity contribution in [2.75, 3.05) is 6.54 Å². The van der Waals surface area contributed by atoms with Crippen molar-refractivity contribution in [2.45, 2.75) is 12.7 Å². The van der Waals surface area contributed by atoms with Gasteiger partial charge in [-0.05, 0) is 0 Å². The van der Waals surface area contributed by atoms with Crippen LogP contribution in [0.4, 0.5) is 0 Å². The van der Waals surface area contributed by atoms with E-state index in [0.29, 0.717) is 6.42 Å². The Bertz CT molecular complexity index is 148. The number of hydrogen-bond donors (Lipinski definition) is 0. The van der Waals surface area contributed by atoms with Crippen molar-refractivity contribution in [3.05, 3.63) is 22.6 Å². The van der Waals surface area contributed by atoms with Crippen LogP contribution in [0, 0.1) is 10.1 Å². The number of nitro groups is 1. The molecule has 0 aliphatic carbocycles. The van der Waals surface area contributed by atoms with E-state index in [-0.39, 0.29) is 6.54 Å². The van der Waals surface area contributed by atoms with E-state index in [0.717, 1.165) is 0 Å². The van der Waals surface area contributed by atoms with Crippen LogP contribution in [0.3, 0.4) is 0 Å². The van der Waals surface area contributed by atoms with E-state index in [1.54, 1.807) is 0 Å². The van der Waals surface area contributed by atoms with E-state index in [1.807, 2.05) is 0 Å². The molecule has 0 bridgehead atoms. The first-order valence-corrected chi connectivity index (χ1v) is 2.87. The third-order valence-electron chi connectivity index (χ3n) is 1.06. The molecule has 5 nitrogen and oxygen atoms in total. The third kappa shape index (κ3) is 1.93. The molecule has 56 valence electrons. The van der Waals surface area contributed by atoms with E-state index in [4.69, 9.17) is 9.47 Å². The van der Waals surface area contributed by atoms with E-state index < -0.39 is 11.2 Å². The second kappa shape index (κ2) is 3.05. The minimum Gasteiger partial charge on any atom is -0.459 e. The lowest BCUT2D eigenvalue weighted by atomic mass is 10.4. The number of ether oxygens (including phenoxy) is 2. The summed E-state index contributed by atoms with van der Waals surface area (Å²) in [6.07, 6.45) is 2.60. The molecule has 0 aromatic carbocycles. The fourth-order valence-corrected chi connectivity index (χ4v) is 0.618. The Morgan fingerprint density at radius 3 is 2.60 bits per heavy atom. The van der Waals surface area contributed by atoms with Crippen LogP contribution in [-0.4, -0.2) is 17.8 Å². The van der Waals surface area contributed by atoms with Gasteiger partial charge in [0.1, 0.15) is 12.5 Å². The molecule has 0 saturated heterocycles. The van der Waals surface area contributed by atoms with Crippen molar-refractivity contribution in [2.24, 2.45) is 0 Å². The highest BCUT2D eigenvalue weighted by molar-refractivity contribution is 4.70. The van der Waals surface area contributed by atoms with E-state index in [1.165, 1.54) is 12.5 Å². The molecule has 0 amide bonds. The molecule has 0 atom stereocenters. The Kier molecular flexibility index (Phi) is 2.09. The van der Waals surface area contributed by atoms with E-state index in [9.17, 15) is 10.1 Å². The summed E-state index contributed by atoms with van der Waals surface area (Å²) in [4.78, 5) is 9.43. The molecule has 0 unspecified atom stereocenters. The van der Waals surface area contributed by atoms with Gasteiger partial charge in [0.25, 0.3) is 0 Å². The van der Waals surface area contributed by atoms with Crippen LogP contribution in [0.25, 0.3) is 0 Å². The summed E-state index contributed by atoms with van der Waals surface area (Å²) in [6, 6.07) is 0. The zero-order valence-corrected chi connectivity index (χ0v) is 5.23. The zero-order valence-electron chi connectivity index (χ0n) is 5.23. The monoisotopic (exact) mass is 145 g/mol. The Labute approximate surface area is 57.4 Å². The van der Waals surface area contributed by atoms with Gasteiger partial charge < -0.3 is 9.47 Å². The van der Waals surface area contributed by atoms with Gasteiger partial charge in [0.05, 0.1) is 6.42 Å². The van der Waals surface area contributed by atoms with Gasteiger partial charge in [-0.15, -0.1) is 0 Å². The van der Waals surface area contributed by atoms with Crippen molar-refractivity contribution < 1.29 is 14.4 Å². The minimum atomic E-state index is -0.453. The number of hydrogen-bond acceptors (Lipinski definition) is 4. The first kappa shape index (κ1) is 6.85. The van der Waals surface area contributed by atoms with E-state index >= 15 is 0 Å². The van der Waals surface area contributed by atoms with Crippen LogP contribution in [0.1, 0.15) is 6.42 Å². The molecule has 0 fully saturated rings. The molecular formula is C5H7NO4. The number of nitrogens with zero attached hydrogens (tertiary/aromatic N) is 1. The smallest absolute Gasteiger partial charge is 0.245 e. The molecular weight excluding hydrogens is 138 g/mol. The van der Waals surface area contributed by atoms with Gasteiger partial charge in [-0.25, -0.2) is 0 Å². The van der Waals surface area contributed by atoms with Gasteiger partial charge in [-0.1, -0.05) is 0 Å². The SMILES string of the molecule is O=[N+]([O-])CCC1OC=CO1. The third-order valence-corrected chi connectivity index (χ3v) is 1.06. The summed E-state index contributed by atoms with van der Waals surface area (Å²) in [5.41, 5.74) is 0. The van der Waals surface area contributed by atoms with Crippen molar-refractivity contribution in [3.63, 3.8) is 0 Å². The molecule has 0 N–H and O–H groups in total. The van der Waals surface area contributed by atoms with Crippen LogP contribution in [0.5, 0.6) is 0 Å². The molecule has 5 heteroatoms. The largest absolute Gasteiger partial charge is 0.459 e. The molecule has 1 aliphatic heterocycles. The lowest BCUT2D eigenvalue weighted by Gasteiger charge is -2.05. The summed E-state index contributed by atoms with van der Waals surface area (Å²) in [7, 11) is 0. The van der Waals surface area contributed by atoms with Crippen LogP contribution >= 0.6 is 0 Å². The first-order valence-electron chi connectivity index (χ1n) is 2.87. The highest BCUT2D eigenvalue weighted by Gasteiger charge is 2.14. The lowest BCUT2D eigenvalue weighted by molar-refractivity contribution is -0.483. The Morgan fingerprint density at radius 2 is 2.10 bits per heavy atom. The van der Waals surface area contributed by atoms with E-state index in [2.05, 4.69) is 0 Å². The van der Waals surface area contributed by atoms with Crippen LogP contribution in [-0.2, 0) is 9.47 Å². The molecule has 0 spiro atoms. The predicted octanol–water partition coefficient (Wildman–Crippen LogP) is 0.497. The molecule has 10 heavy (non-hydrogen) atoms. The fraction of sp³-hybridized carbons (Fsp3) is 0.600. The summed E-state index contributed by atoms with van der Waals surface area (Å²) < 4.78 is 9.59. The maximum Gasteiger partial charge on any atom is 0.245 e. The summed E-state index contributed by atoms with van der Waals surface area (Å²) >= 11 is 0.